The van der Waals surface area contributed by atoms with E-state index < -0.39 is 11.3 Å². The van der Waals surface area contributed by atoms with Crippen molar-refractivity contribution in [2.24, 2.45) is 4.99 Å². The molecule has 0 aromatic heterocycles. The molecule has 0 aromatic rings. The molecule has 174 valence electrons. The van der Waals surface area contributed by atoms with Crippen molar-refractivity contribution >= 4 is 12.1 Å². The van der Waals surface area contributed by atoms with E-state index in [0.717, 1.165) is 26.2 Å². The van der Waals surface area contributed by atoms with Gasteiger partial charge in [0.25, 0.3) is 0 Å². The first-order valence-corrected chi connectivity index (χ1v) is 11.0. The number of carbonyl (C=O) groups is 1. The molecule has 0 bridgehead atoms. The summed E-state index contributed by atoms with van der Waals surface area (Å²) in [5.74, 6) is 0.704. The number of aliphatic imine (C=N–C) groups is 1. The van der Waals surface area contributed by atoms with E-state index in [1.165, 1.54) is 0 Å². The summed E-state index contributed by atoms with van der Waals surface area (Å²) >= 11 is 0. The zero-order valence-corrected chi connectivity index (χ0v) is 19.9. The van der Waals surface area contributed by atoms with Crippen LogP contribution in [-0.4, -0.2) is 97.8 Å². The Morgan fingerprint density at radius 3 is 2.60 bits per heavy atom. The summed E-state index contributed by atoms with van der Waals surface area (Å²) in [6.45, 7) is 17.8. The molecule has 2 aliphatic rings. The van der Waals surface area contributed by atoms with Gasteiger partial charge in [0.1, 0.15) is 11.3 Å². The highest BCUT2D eigenvalue weighted by Crippen LogP contribution is 2.33. The zero-order chi connectivity index (χ0) is 22.5. The van der Waals surface area contributed by atoms with Crippen LogP contribution in [0.15, 0.2) is 4.99 Å². The number of morpholine rings is 1. The van der Waals surface area contributed by atoms with Crippen LogP contribution >= 0.6 is 0 Å². The Morgan fingerprint density at radius 2 is 2.00 bits per heavy atom. The van der Waals surface area contributed by atoms with Crippen LogP contribution in [0.4, 0.5) is 4.79 Å². The van der Waals surface area contributed by atoms with Gasteiger partial charge in [0, 0.05) is 26.2 Å². The monoisotopic (exact) mass is 427 g/mol. The Bertz CT molecular complexity index is 605. The molecule has 2 saturated heterocycles. The van der Waals surface area contributed by atoms with Gasteiger partial charge >= 0.3 is 6.09 Å². The third kappa shape index (κ3) is 6.99. The average molecular weight is 428 g/mol. The Morgan fingerprint density at radius 1 is 1.30 bits per heavy atom. The van der Waals surface area contributed by atoms with Gasteiger partial charge in [-0.25, -0.2) is 4.79 Å². The third-order valence-electron chi connectivity index (χ3n) is 5.14. The van der Waals surface area contributed by atoms with Gasteiger partial charge in [-0.1, -0.05) is 0 Å². The SMILES string of the molecule is CCNC(=NCC1CN(C)CCO1)NCC1C(C)OC(C)(C)N1C(=O)OC(C)(C)C. The Labute approximate surface area is 181 Å². The van der Waals surface area contributed by atoms with E-state index in [9.17, 15) is 4.79 Å². The fourth-order valence-electron chi connectivity index (χ4n) is 3.84. The molecule has 2 rings (SSSR count). The predicted molar refractivity (Wildman–Crippen MR) is 118 cm³/mol. The summed E-state index contributed by atoms with van der Waals surface area (Å²) in [6.07, 6.45) is -0.424. The normalized spacial score (nSPS) is 27.8. The quantitative estimate of drug-likeness (QED) is 0.509. The average Bonchev–Trinajstić information content (AvgIpc) is 2.84. The molecular formula is C21H41N5O4. The molecule has 0 aliphatic carbocycles. The minimum Gasteiger partial charge on any atom is -0.444 e. The van der Waals surface area contributed by atoms with E-state index in [-0.39, 0.29) is 24.3 Å². The Kier molecular flexibility index (Phi) is 8.35. The number of carbonyl (C=O) groups excluding carboxylic acids is 1. The minimum atomic E-state index is -0.746. The molecule has 9 heteroatoms. The van der Waals surface area contributed by atoms with Crippen LogP contribution in [0.25, 0.3) is 0 Å². The van der Waals surface area contributed by atoms with Crippen molar-refractivity contribution in [2.75, 3.05) is 46.4 Å². The summed E-state index contributed by atoms with van der Waals surface area (Å²) in [5.41, 5.74) is -1.31. The Balaban J connectivity index is 2.04. The number of likely N-dealkylation sites (N-methyl/N-ethyl adjacent to an activating group) is 1. The van der Waals surface area contributed by atoms with Crippen LogP contribution in [0.1, 0.15) is 48.5 Å². The lowest BCUT2D eigenvalue weighted by molar-refractivity contribution is -0.0755. The second-order valence-electron chi connectivity index (χ2n) is 9.54. The van der Waals surface area contributed by atoms with Crippen molar-refractivity contribution < 1.29 is 19.0 Å². The Hall–Kier alpha value is -1.58. The number of rotatable bonds is 5. The van der Waals surface area contributed by atoms with Crippen molar-refractivity contribution in [1.29, 1.82) is 0 Å². The second kappa shape index (κ2) is 10.2. The fraction of sp³-hybridized carbons (Fsp3) is 0.905. The maximum absolute atomic E-state index is 12.9. The van der Waals surface area contributed by atoms with Crippen LogP contribution in [0.5, 0.6) is 0 Å². The van der Waals surface area contributed by atoms with Crippen LogP contribution in [-0.2, 0) is 14.2 Å². The van der Waals surface area contributed by atoms with Crippen molar-refractivity contribution in [2.45, 2.75) is 78.0 Å². The molecule has 2 aliphatic heterocycles. The molecule has 2 N–H and O–H groups in total. The van der Waals surface area contributed by atoms with E-state index in [4.69, 9.17) is 19.2 Å². The van der Waals surface area contributed by atoms with Gasteiger partial charge < -0.3 is 29.7 Å². The molecule has 0 saturated carbocycles. The minimum absolute atomic E-state index is 0.0881. The standard InChI is InChI=1S/C21H41N5O4/c1-9-22-18(23-12-16-14-25(8)10-11-28-16)24-13-17-15(2)29-21(6,7)26(17)19(27)30-20(3,4)5/h15-17H,9-14H2,1-8H3,(H2,22,23,24). The van der Waals surface area contributed by atoms with E-state index in [1.807, 2.05) is 48.5 Å². The molecule has 2 heterocycles. The lowest BCUT2D eigenvalue weighted by Crippen LogP contribution is -2.54. The van der Waals surface area contributed by atoms with Gasteiger partial charge in [-0.3, -0.25) is 9.89 Å². The summed E-state index contributed by atoms with van der Waals surface area (Å²) < 4.78 is 17.5. The molecule has 3 unspecified atom stereocenters. The summed E-state index contributed by atoms with van der Waals surface area (Å²) in [4.78, 5) is 21.5. The number of nitrogens with zero attached hydrogens (tertiary/aromatic N) is 3. The molecule has 9 nitrogen and oxygen atoms in total. The van der Waals surface area contributed by atoms with Crippen LogP contribution in [0.3, 0.4) is 0 Å². The number of hydrogen-bond donors (Lipinski definition) is 2. The fourth-order valence-corrected chi connectivity index (χ4v) is 3.84. The van der Waals surface area contributed by atoms with Crippen molar-refractivity contribution in [3.63, 3.8) is 0 Å². The highest BCUT2D eigenvalue weighted by Gasteiger charge is 2.49. The summed E-state index contributed by atoms with van der Waals surface area (Å²) in [6, 6.07) is -0.184. The number of amides is 1. The first kappa shape index (κ1) is 24.7. The molecule has 1 amide bonds. The number of ether oxygens (including phenoxy) is 3. The molecule has 2 fully saturated rings. The highest BCUT2D eigenvalue weighted by molar-refractivity contribution is 5.80. The number of nitrogens with one attached hydrogen (secondary N) is 2. The van der Waals surface area contributed by atoms with Gasteiger partial charge in [0.15, 0.2) is 5.96 Å². The molecule has 3 atom stereocenters. The van der Waals surface area contributed by atoms with E-state index in [0.29, 0.717) is 19.0 Å². The number of hydrogen-bond acceptors (Lipinski definition) is 6. The van der Waals surface area contributed by atoms with Crippen LogP contribution in [0, 0.1) is 0 Å². The third-order valence-corrected chi connectivity index (χ3v) is 5.14. The molecule has 0 radical (unpaired) electrons. The summed E-state index contributed by atoms with van der Waals surface area (Å²) in [7, 11) is 2.09. The smallest absolute Gasteiger partial charge is 0.412 e. The van der Waals surface area contributed by atoms with Crippen molar-refractivity contribution in [3.8, 4) is 0 Å². The van der Waals surface area contributed by atoms with Gasteiger partial charge in [-0.15, -0.1) is 0 Å². The van der Waals surface area contributed by atoms with E-state index in [1.54, 1.807) is 4.90 Å². The molecule has 0 spiro atoms. The maximum Gasteiger partial charge on any atom is 0.412 e. The number of guanidine groups is 1. The molecule has 30 heavy (non-hydrogen) atoms. The largest absolute Gasteiger partial charge is 0.444 e. The van der Waals surface area contributed by atoms with Gasteiger partial charge in [0.2, 0.25) is 0 Å². The van der Waals surface area contributed by atoms with Gasteiger partial charge in [0.05, 0.1) is 31.4 Å². The van der Waals surface area contributed by atoms with Crippen molar-refractivity contribution in [3.05, 3.63) is 0 Å². The van der Waals surface area contributed by atoms with Gasteiger partial charge in [-0.05, 0) is 55.5 Å². The first-order valence-electron chi connectivity index (χ1n) is 11.0. The zero-order valence-electron chi connectivity index (χ0n) is 19.9. The van der Waals surface area contributed by atoms with E-state index >= 15 is 0 Å². The topological polar surface area (TPSA) is 87.7 Å². The van der Waals surface area contributed by atoms with Crippen molar-refractivity contribution in [1.82, 2.24) is 20.4 Å². The molecule has 0 aromatic carbocycles. The predicted octanol–water partition coefficient (Wildman–Crippen LogP) is 1.63. The van der Waals surface area contributed by atoms with Crippen LogP contribution in [0.2, 0.25) is 0 Å². The van der Waals surface area contributed by atoms with E-state index in [2.05, 4.69) is 22.6 Å². The first-order chi connectivity index (χ1) is 13.9. The molecular weight excluding hydrogens is 386 g/mol. The lowest BCUT2D eigenvalue weighted by Gasteiger charge is -2.35. The highest BCUT2D eigenvalue weighted by atomic mass is 16.6. The summed E-state index contributed by atoms with van der Waals surface area (Å²) in [5, 5.41) is 6.64. The second-order valence-corrected chi connectivity index (χ2v) is 9.54. The van der Waals surface area contributed by atoms with Gasteiger partial charge in [-0.2, -0.15) is 0 Å². The van der Waals surface area contributed by atoms with Crippen LogP contribution < -0.4 is 10.6 Å². The lowest BCUT2D eigenvalue weighted by atomic mass is 10.1. The maximum atomic E-state index is 12.9.